The number of ether oxygens (including phenoxy) is 2. The third-order valence-corrected chi connectivity index (χ3v) is 4.16. The average molecular weight is 346 g/mol. The largest absolute Gasteiger partial charge is 0.465 e. The quantitative estimate of drug-likeness (QED) is 0.648. The lowest BCUT2D eigenvalue weighted by molar-refractivity contribution is 0.0556. The van der Waals surface area contributed by atoms with Crippen molar-refractivity contribution in [2.24, 2.45) is 0 Å². The molecule has 0 unspecified atom stereocenters. The highest BCUT2D eigenvalue weighted by molar-refractivity contribution is 6.08. The van der Waals surface area contributed by atoms with E-state index in [1.807, 2.05) is 54.6 Å². The Hall–Kier alpha value is -3.40. The summed E-state index contributed by atoms with van der Waals surface area (Å²) in [6.07, 6.45) is 0. The molecule has 0 bridgehead atoms. The van der Waals surface area contributed by atoms with Crippen LogP contribution < -0.4 is 0 Å². The van der Waals surface area contributed by atoms with Crippen molar-refractivity contribution in [3.05, 3.63) is 83.9 Å². The lowest BCUT2D eigenvalue weighted by Crippen LogP contribution is -2.13. The van der Waals surface area contributed by atoms with Crippen LogP contribution >= 0.6 is 0 Å². The molecule has 0 aliphatic heterocycles. The lowest BCUT2D eigenvalue weighted by atomic mass is 9.90. The van der Waals surface area contributed by atoms with Crippen LogP contribution in [0.1, 0.15) is 20.7 Å². The summed E-state index contributed by atoms with van der Waals surface area (Å²) in [5.74, 6) is -1.16. The van der Waals surface area contributed by atoms with E-state index < -0.39 is 11.9 Å². The molecule has 3 aromatic carbocycles. The van der Waals surface area contributed by atoms with Gasteiger partial charge in [-0.15, -0.1) is 0 Å². The maximum absolute atomic E-state index is 12.5. The number of rotatable bonds is 4. The molecule has 130 valence electrons. The third kappa shape index (κ3) is 3.22. The van der Waals surface area contributed by atoms with Crippen LogP contribution in [0.25, 0.3) is 22.3 Å². The fourth-order valence-corrected chi connectivity index (χ4v) is 2.97. The van der Waals surface area contributed by atoms with Crippen molar-refractivity contribution in [1.82, 2.24) is 0 Å². The Morgan fingerprint density at radius 3 is 1.85 bits per heavy atom. The van der Waals surface area contributed by atoms with Crippen molar-refractivity contribution >= 4 is 11.9 Å². The van der Waals surface area contributed by atoms with Gasteiger partial charge in [0, 0.05) is 0 Å². The van der Waals surface area contributed by atoms with E-state index in [2.05, 4.69) is 0 Å². The van der Waals surface area contributed by atoms with Gasteiger partial charge in [0.05, 0.1) is 25.3 Å². The van der Waals surface area contributed by atoms with E-state index in [0.29, 0.717) is 5.56 Å². The van der Waals surface area contributed by atoms with Gasteiger partial charge in [0.1, 0.15) is 0 Å². The van der Waals surface area contributed by atoms with Gasteiger partial charge < -0.3 is 9.47 Å². The molecule has 0 fully saturated rings. The summed E-state index contributed by atoms with van der Waals surface area (Å²) < 4.78 is 9.76. The molecular formula is C22H18O4. The summed E-state index contributed by atoms with van der Waals surface area (Å²) in [6.45, 7) is 0. The number of hydrogen-bond acceptors (Lipinski definition) is 4. The third-order valence-electron chi connectivity index (χ3n) is 4.16. The SMILES string of the molecule is COC(=O)c1cccc(-c2ccccc2-c2ccccc2)c1C(=O)OC. The average Bonchev–Trinajstić information content (AvgIpc) is 2.72. The van der Waals surface area contributed by atoms with Gasteiger partial charge in [-0.3, -0.25) is 0 Å². The highest BCUT2D eigenvalue weighted by atomic mass is 16.5. The van der Waals surface area contributed by atoms with E-state index >= 15 is 0 Å². The normalized spacial score (nSPS) is 10.2. The van der Waals surface area contributed by atoms with Crippen molar-refractivity contribution in [2.75, 3.05) is 14.2 Å². The zero-order valence-corrected chi connectivity index (χ0v) is 14.6. The van der Waals surface area contributed by atoms with Crippen molar-refractivity contribution in [3.63, 3.8) is 0 Å². The maximum atomic E-state index is 12.5. The number of hydrogen-bond donors (Lipinski definition) is 0. The summed E-state index contributed by atoms with van der Waals surface area (Å²) in [7, 11) is 2.58. The molecule has 26 heavy (non-hydrogen) atoms. The molecule has 0 saturated carbocycles. The molecule has 4 heteroatoms. The molecule has 0 aliphatic rings. The standard InChI is InChI=1S/C22H18O4/c1-25-21(23)19-14-8-13-18(20(19)22(24)26-2)17-12-7-6-11-16(17)15-9-4-3-5-10-15/h3-14H,1-2H3. The van der Waals surface area contributed by atoms with Crippen LogP contribution in [0.15, 0.2) is 72.8 Å². The molecule has 4 nitrogen and oxygen atoms in total. The van der Waals surface area contributed by atoms with Crippen molar-refractivity contribution in [3.8, 4) is 22.3 Å². The zero-order chi connectivity index (χ0) is 18.5. The van der Waals surface area contributed by atoms with Gasteiger partial charge in [-0.25, -0.2) is 9.59 Å². The first-order valence-electron chi connectivity index (χ1n) is 8.12. The summed E-state index contributed by atoms with van der Waals surface area (Å²) in [6, 6.07) is 22.7. The molecule has 3 rings (SSSR count). The second kappa shape index (κ2) is 7.66. The molecule has 3 aromatic rings. The van der Waals surface area contributed by atoms with Gasteiger partial charge in [-0.1, -0.05) is 66.7 Å². The fourth-order valence-electron chi connectivity index (χ4n) is 2.97. The first kappa shape index (κ1) is 17.4. The minimum absolute atomic E-state index is 0.180. The molecule has 0 spiro atoms. The second-order valence-electron chi connectivity index (χ2n) is 5.62. The molecule has 0 radical (unpaired) electrons. The van der Waals surface area contributed by atoms with Gasteiger partial charge in [0.2, 0.25) is 0 Å². The van der Waals surface area contributed by atoms with Gasteiger partial charge in [0.15, 0.2) is 0 Å². The zero-order valence-electron chi connectivity index (χ0n) is 14.6. The molecular weight excluding hydrogens is 328 g/mol. The van der Waals surface area contributed by atoms with Gasteiger partial charge in [-0.2, -0.15) is 0 Å². The smallest absolute Gasteiger partial charge is 0.339 e. The van der Waals surface area contributed by atoms with Crippen LogP contribution in [-0.2, 0) is 9.47 Å². The number of esters is 2. The van der Waals surface area contributed by atoms with E-state index in [4.69, 9.17) is 9.47 Å². The van der Waals surface area contributed by atoms with Crippen LogP contribution in [0, 0.1) is 0 Å². The number of carbonyl (C=O) groups is 2. The van der Waals surface area contributed by atoms with E-state index in [0.717, 1.165) is 16.7 Å². The number of benzene rings is 3. The van der Waals surface area contributed by atoms with Crippen LogP contribution in [-0.4, -0.2) is 26.2 Å². The van der Waals surface area contributed by atoms with E-state index in [1.54, 1.807) is 18.2 Å². The molecule has 0 aromatic heterocycles. The molecule has 0 saturated heterocycles. The Balaban J connectivity index is 2.29. The highest BCUT2D eigenvalue weighted by Crippen LogP contribution is 2.35. The molecule has 0 amide bonds. The predicted octanol–water partition coefficient (Wildman–Crippen LogP) is 4.59. The fraction of sp³-hybridized carbons (Fsp3) is 0.0909. The van der Waals surface area contributed by atoms with Gasteiger partial charge in [-0.05, 0) is 28.3 Å². The van der Waals surface area contributed by atoms with Crippen LogP contribution in [0.3, 0.4) is 0 Å². The number of methoxy groups -OCH3 is 2. The monoisotopic (exact) mass is 346 g/mol. The van der Waals surface area contributed by atoms with Crippen LogP contribution in [0.4, 0.5) is 0 Å². The Kier molecular flexibility index (Phi) is 5.13. The first-order valence-corrected chi connectivity index (χ1v) is 8.12. The lowest BCUT2D eigenvalue weighted by Gasteiger charge is -2.15. The highest BCUT2D eigenvalue weighted by Gasteiger charge is 2.24. The van der Waals surface area contributed by atoms with Gasteiger partial charge in [0.25, 0.3) is 0 Å². The summed E-state index contributed by atoms with van der Waals surface area (Å²) in [5.41, 5.74) is 3.82. The van der Waals surface area contributed by atoms with Crippen molar-refractivity contribution in [1.29, 1.82) is 0 Å². The summed E-state index contributed by atoms with van der Waals surface area (Å²) in [5, 5.41) is 0. The first-order chi connectivity index (χ1) is 12.7. The molecule has 0 atom stereocenters. The predicted molar refractivity (Wildman–Crippen MR) is 100.0 cm³/mol. The maximum Gasteiger partial charge on any atom is 0.339 e. The summed E-state index contributed by atoms with van der Waals surface area (Å²) in [4.78, 5) is 24.6. The molecule has 0 heterocycles. The minimum Gasteiger partial charge on any atom is -0.465 e. The van der Waals surface area contributed by atoms with E-state index in [9.17, 15) is 9.59 Å². The number of carbonyl (C=O) groups excluding carboxylic acids is 2. The van der Waals surface area contributed by atoms with Crippen molar-refractivity contribution in [2.45, 2.75) is 0 Å². The topological polar surface area (TPSA) is 52.6 Å². The molecule has 0 N–H and O–H groups in total. The van der Waals surface area contributed by atoms with Crippen LogP contribution in [0.2, 0.25) is 0 Å². The molecule has 0 aliphatic carbocycles. The minimum atomic E-state index is -0.580. The van der Waals surface area contributed by atoms with Crippen molar-refractivity contribution < 1.29 is 19.1 Å². The second-order valence-corrected chi connectivity index (χ2v) is 5.62. The van der Waals surface area contributed by atoms with Crippen LogP contribution in [0.5, 0.6) is 0 Å². The Labute approximate surface area is 152 Å². The van der Waals surface area contributed by atoms with E-state index in [1.165, 1.54) is 14.2 Å². The van der Waals surface area contributed by atoms with Gasteiger partial charge >= 0.3 is 11.9 Å². The Morgan fingerprint density at radius 2 is 1.19 bits per heavy atom. The Bertz CT molecular complexity index is 945. The Morgan fingerprint density at radius 1 is 0.615 bits per heavy atom. The summed E-state index contributed by atoms with van der Waals surface area (Å²) >= 11 is 0. The van der Waals surface area contributed by atoms with E-state index in [-0.39, 0.29) is 11.1 Å².